The zero-order chi connectivity index (χ0) is 15.6. The van der Waals surface area contributed by atoms with E-state index in [1.807, 2.05) is 18.2 Å². The number of hydrogen-bond donors (Lipinski definition) is 1. The standard InChI is InChI=1S/C18H21BrFN/c1-18(2,3)16-7-5-4-6-15(16)17(21)10-12-8-13(19)11-14(20)9-12/h4-9,11,17H,10,21H2,1-3H3. The largest absolute Gasteiger partial charge is 0.324 e. The monoisotopic (exact) mass is 349 g/mol. The molecule has 2 N–H and O–H groups in total. The van der Waals surface area contributed by atoms with Gasteiger partial charge in [0, 0.05) is 10.5 Å². The van der Waals surface area contributed by atoms with Crippen LogP contribution in [0.3, 0.4) is 0 Å². The molecule has 0 amide bonds. The SMILES string of the molecule is CC(C)(C)c1ccccc1C(N)Cc1cc(F)cc(Br)c1. The van der Waals surface area contributed by atoms with E-state index in [0.717, 1.165) is 15.6 Å². The van der Waals surface area contributed by atoms with Gasteiger partial charge in [-0.15, -0.1) is 0 Å². The van der Waals surface area contributed by atoms with E-state index in [4.69, 9.17) is 5.73 Å². The molecular weight excluding hydrogens is 329 g/mol. The highest BCUT2D eigenvalue weighted by Crippen LogP contribution is 2.30. The van der Waals surface area contributed by atoms with Gasteiger partial charge < -0.3 is 5.73 Å². The first-order chi connectivity index (χ1) is 9.77. The zero-order valence-electron chi connectivity index (χ0n) is 12.7. The van der Waals surface area contributed by atoms with Crippen LogP contribution >= 0.6 is 15.9 Å². The second kappa shape index (κ2) is 6.29. The Morgan fingerprint density at radius 2 is 1.81 bits per heavy atom. The molecule has 0 fully saturated rings. The lowest BCUT2D eigenvalue weighted by Crippen LogP contribution is -2.21. The Morgan fingerprint density at radius 1 is 1.14 bits per heavy atom. The maximum Gasteiger partial charge on any atom is 0.124 e. The predicted molar refractivity (Wildman–Crippen MR) is 89.9 cm³/mol. The van der Waals surface area contributed by atoms with Crippen molar-refractivity contribution in [2.24, 2.45) is 5.73 Å². The minimum atomic E-state index is -0.240. The molecule has 0 saturated heterocycles. The van der Waals surface area contributed by atoms with Crippen LogP contribution in [-0.2, 0) is 11.8 Å². The summed E-state index contributed by atoms with van der Waals surface area (Å²) in [5, 5.41) is 0. The summed E-state index contributed by atoms with van der Waals surface area (Å²) >= 11 is 3.32. The third-order valence-electron chi connectivity index (χ3n) is 3.55. The van der Waals surface area contributed by atoms with Crippen LogP contribution in [0.2, 0.25) is 0 Å². The maximum atomic E-state index is 13.5. The number of hydrogen-bond acceptors (Lipinski definition) is 1. The summed E-state index contributed by atoms with van der Waals surface area (Å²) in [6, 6.07) is 13.0. The Kier molecular flexibility index (Phi) is 4.84. The maximum absolute atomic E-state index is 13.5. The predicted octanol–water partition coefficient (Wildman–Crippen LogP) is 5.13. The van der Waals surface area contributed by atoms with Gasteiger partial charge in [0.15, 0.2) is 0 Å². The average Bonchev–Trinajstić information content (AvgIpc) is 2.36. The summed E-state index contributed by atoms with van der Waals surface area (Å²) in [6.07, 6.45) is 0.615. The van der Waals surface area contributed by atoms with Crippen LogP contribution < -0.4 is 5.73 Å². The topological polar surface area (TPSA) is 26.0 Å². The molecule has 3 heteroatoms. The normalized spacial score (nSPS) is 13.2. The van der Waals surface area contributed by atoms with Crippen LogP contribution in [0.1, 0.15) is 43.5 Å². The van der Waals surface area contributed by atoms with Crippen molar-refractivity contribution in [1.82, 2.24) is 0 Å². The molecule has 1 nitrogen and oxygen atoms in total. The van der Waals surface area contributed by atoms with Gasteiger partial charge in [-0.05, 0) is 46.7 Å². The van der Waals surface area contributed by atoms with E-state index in [1.165, 1.54) is 11.6 Å². The summed E-state index contributed by atoms with van der Waals surface area (Å²) in [4.78, 5) is 0. The fraction of sp³-hybridized carbons (Fsp3) is 0.333. The number of halogens is 2. The highest BCUT2D eigenvalue weighted by atomic mass is 79.9. The van der Waals surface area contributed by atoms with Crippen molar-refractivity contribution in [2.75, 3.05) is 0 Å². The Bertz CT molecular complexity index is 611. The van der Waals surface area contributed by atoms with Crippen molar-refractivity contribution in [3.05, 3.63) is 69.4 Å². The second-order valence-corrected chi connectivity index (χ2v) is 7.34. The quantitative estimate of drug-likeness (QED) is 0.816. The first-order valence-corrected chi connectivity index (χ1v) is 7.86. The van der Waals surface area contributed by atoms with Gasteiger partial charge in [-0.1, -0.05) is 61.0 Å². The summed E-state index contributed by atoms with van der Waals surface area (Å²) in [5.74, 6) is -0.240. The molecule has 1 atom stereocenters. The molecule has 0 heterocycles. The van der Waals surface area contributed by atoms with Gasteiger partial charge in [-0.25, -0.2) is 4.39 Å². The summed E-state index contributed by atoms with van der Waals surface area (Å²) in [5.41, 5.74) is 9.70. The molecule has 0 aliphatic heterocycles. The van der Waals surface area contributed by atoms with Crippen LogP contribution in [0.15, 0.2) is 46.9 Å². The Morgan fingerprint density at radius 3 is 2.43 bits per heavy atom. The Hall–Kier alpha value is -1.19. The van der Waals surface area contributed by atoms with Gasteiger partial charge in [0.05, 0.1) is 0 Å². The van der Waals surface area contributed by atoms with E-state index in [0.29, 0.717) is 6.42 Å². The van der Waals surface area contributed by atoms with Crippen molar-refractivity contribution >= 4 is 15.9 Å². The van der Waals surface area contributed by atoms with Crippen LogP contribution in [0.5, 0.6) is 0 Å². The van der Waals surface area contributed by atoms with Gasteiger partial charge in [-0.3, -0.25) is 0 Å². The lowest BCUT2D eigenvalue weighted by Gasteiger charge is -2.26. The third-order valence-corrected chi connectivity index (χ3v) is 4.00. The molecule has 0 aliphatic rings. The van der Waals surface area contributed by atoms with Gasteiger partial charge in [0.1, 0.15) is 5.82 Å². The van der Waals surface area contributed by atoms with Gasteiger partial charge in [0.2, 0.25) is 0 Å². The van der Waals surface area contributed by atoms with Gasteiger partial charge >= 0.3 is 0 Å². The second-order valence-electron chi connectivity index (χ2n) is 6.43. The minimum Gasteiger partial charge on any atom is -0.324 e. The first kappa shape index (κ1) is 16.2. The molecule has 0 spiro atoms. The molecule has 0 radical (unpaired) electrons. The molecule has 0 aromatic heterocycles. The summed E-state index contributed by atoms with van der Waals surface area (Å²) in [7, 11) is 0. The molecule has 112 valence electrons. The molecule has 0 aliphatic carbocycles. The molecule has 2 aromatic rings. The van der Waals surface area contributed by atoms with Crippen LogP contribution in [0.4, 0.5) is 4.39 Å². The van der Waals surface area contributed by atoms with Crippen molar-refractivity contribution in [3.8, 4) is 0 Å². The first-order valence-electron chi connectivity index (χ1n) is 7.07. The minimum absolute atomic E-state index is 0.0384. The van der Waals surface area contributed by atoms with E-state index in [-0.39, 0.29) is 17.3 Å². The van der Waals surface area contributed by atoms with Gasteiger partial charge in [0.25, 0.3) is 0 Å². The van der Waals surface area contributed by atoms with Crippen LogP contribution in [0.25, 0.3) is 0 Å². The molecule has 0 bridgehead atoms. The molecule has 0 saturated carbocycles. The van der Waals surface area contributed by atoms with E-state index in [9.17, 15) is 4.39 Å². The van der Waals surface area contributed by atoms with Gasteiger partial charge in [-0.2, -0.15) is 0 Å². The van der Waals surface area contributed by atoms with E-state index in [1.54, 1.807) is 6.07 Å². The fourth-order valence-corrected chi connectivity index (χ4v) is 3.11. The van der Waals surface area contributed by atoms with E-state index in [2.05, 4.69) is 48.8 Å². The zero-order valence-corrected chi connectivity index (χ0v) is 14.2. The highest BCUT2D eigenvalue weighted by molar-refractivity contribution is 9.10. The van der Waals surface area contributed by atoms with Crippen LogP contribution in [-0.4, -0.2) is 0 Å². The third kappa shape index (κ3) is 4.14. The highest BCUT2D eigenvalue weighted by Gasteiger charge is 2.20. The molecule has 21 heavy (non-hydrogen) atoms. The van der Waals surface area contributed by atoms with Crippen LogP contribution in [0, 0.1) is 5.82 Å². The molecule has 2 aromatic carbocycles. The van der Waals surface area contributed by atoms with E-state index >= 15 is 0 Å². The number of nitrogens with two attached hydrogens (primary N) is 1. The molecular formula is C18H21BrFN. The summed E-state index contributed by atoms with van der Waals surface area (Å²) < 4.78 is 14.2. The van der Waals surface area contributed by atoms with E-state index < -0.39 is 0 Å². The molecule has 1 unspecified atom stereocenters. The summed E-state index contributed by atoms with van der Waals surface area (Å²) in [6.45, 7) is 6.53. The lowest BCUT2D eigenvalue weighted by atomic mass is 9.81. The number of benzene rings is 2. The lowest BCUT2D eigenvalue weighted by molar-refractivity contribution is 0.567. The Balaban J connectivity index is 2.31. The van der Waals surface area contributed by atoms with Crippen molar-refractivity contribution in [3.63, 3.8) is 0 Å². The van der Waals surface area contributed by atoms with Crippen molar-refractivity contribution in [2.45, 2.75) is 38.6 Å². The fourth-order valence-electron chi connectivity index (χ4n) is 2.60. The Labute approximate surface area is 134 Å². The number of rotatable bonds is 3. The average molecular weight is 350 g/mol. The van der Waals surface area contributed by atoms with Crippen molar-refractivity contribution < 1.29 is 4.39 Å². The molecule has 2 rings (SSSR count). The smallest absolute Gasteiger partial charge is 0.124 e. The van der Waals surface area contributed by atoms with Crippen molar-refractivity contribution in [1.29, 1.82) is 0 Å².